The molecule has 1 amide bonds. The molecular weight excluding hydrogens is 336 g/mol. The fourth-order valence-corrected chi connectivity index (χ4v) is 2.59. The van der Waals surface area contributed by atoms with Gasteiger partial charge in [-0.1, -0.05) is 30.6 Å². The Labute approximate surface area is 149 Å². The van der Waals surface area contributed by atoms with Crippen molar-refractivity contribution in [2.75, 3.05) is 11.9 Å². The Kier molecular flexibility index (Phi) is 5.17. The molecule has 0 radical (unpaired) electrons. The number of para-hydroxylation sites is 1. The maximum Gasteiger partial charge on any atom is 0.337 e. The number of aryl methyl sites for hydroxylation is 1. The number of carbonyl (C=O) groups excluding carboxylic acids is 1. The van der Waals surface area contributed by atoms with Gasteiger partial charge in [-0.05, 0) is 30.7 Å². The minimum Gasteiger partial charge on any atom is -0.484 e. The van der Waals surface area contributed by atoms with Crippen LogP contribution in [0.2, 0.25) is 0 Å². The van der Waals surface area contributed by atoms with E-state index in [1.165, 1.54) is 12.1 Å². The van der Waals surface area contributed by atoms with Crippen LogP contribution >= 0.6 is 0 Å². The van der Waals surface area contributed by atoms with Crippen molar-refractivity contribution < 1.29 is 24.0 Å². The Bertz CT molecular complexity index is 948. The molecule has 7 nitrogen and oxygen atoms in total. The molecule has 134 valence electrons. The fourth-order valence-electron chi connectivity index (χ4n) is 2.59. The van der Waals surface area contributed by atoms with Gasteiger partial charge in [0.2, 0.25) is 0 Å². The van der Waals surface area contributed by atoms with Crippen LogP contribution in [0.4, 0.5) is 5.69 Å². The predicted octanol–water partition coefficient (Wildman–Crippen LogP) is 3.50. The summed E-state index contributed by atoms with van der Waals surface area (Å²) in [5, 5.41) is 16.6. The van der Waals surface area contributed by atoms with Crippen LogP contribution in [0.25, 0.3) is 11.0 Å². The first-order chi connectivity index (χ1) is 12.6. The molecule has 26 heavy (non-hydrogen) atoms. The van der Waals surface area contributed by atoms with Crippen LogP contribution in [0.15, 0.2) is 47.0 Å². The molecule has 0 spiro atoms. The molecule has 0 aliphatic heterocycles. The maximum absolute atomic E-state index is 12.0. The lowest BCUT2D eigenvalue weighted by molar-refractivity contribution is -0.118. The van der Waals surface area contributed by atoms with Crippen LogP contribution < -0.4 is 10.1 Å². The third kappa shape index (κ3) is 3.83. The number of hydrogen-bond acceptors (Lipinski definition) is 5. The van der Waals surface area contributed by atoms with Crippen LogP contribution in [-0.2, 0) is 11.2 Å². The van der Waals surface area contributed by atoms with Crippen molar-refractivity contribution in [1.82, 2.24) is 5.16 Å². The number of rotatable bonds is 7. The Balaban J connectivity index is 1.65. The highest BCUT2D eigenvalue weighted by Gasteiger charge is 2.13. The van der Waals surface area contributed by atoms with Gasteiger partial charge in [0.1, 0.15) is 5.75 Å². The second-order valence-electron chi connectivity index (χ2n) is 5.72. The minimum atomic E-state index is -1.11. The zero-order chi connectivity index (χ0) is 18.5. The minimum absolute atomic E-state index is 0.0207. The Hall–Kier alpha value is -3.35. The molecule has 0 saturated heterocycles. The maximum atomic E-state index is 12.0. The monoisotopic (exact) mass is 354 g/mol. The molecule has 1 aromatic heterocycles. The summed E-state index contributed by atoms with van der Waals surface area (Å²) in [7, 11) is 0. The number of ether oxygens (including phenoxy) is 1. The highest BCUT2D eigenvalue weighted by atomic mass is 16.5. The third-order valence-electron chi connectivity index (χ3n) is 3.81. The van der Waals surface area contributed by atoms with E-state index in [1.54, 1.807) is 24.3 Å². The van der Waals surface area contributed by atoms with Crippen molar-refractivity contribution in [2.24, 2.45) is 0 Å². The largest absolute Gasteiger partial charge is 0.484 e. The van der Waals surface area contributed by atoms with E-state index in [2.05, 4.69) is 17.4 Å². The number of hydrogen-bond donors (Lipinski definition) is 2. The smallest absolute Gasteiger partial charge is 0.337 e. The van der Waals surface area contributed by atoms with Gasteiger partial charge in [0.05, 0.1) is 16.9 Å². The molecule has 7 heteroatoms. The first kappa shape index (κ1) is 17.5. The zero-order valence-corrected chi connectivity index (χ0v) is 14.2. The van der Waals surface area contributed by atoms with Gasteiger partial charge < -0.3 is 19.7 Å². The summed E-state index contributed by atoms with van der Waals surface area (Å²) in [6.45, 7) is 1.81. The number of nitrogens with zero attached hydrogens (tertiary/aromatic N) is 1. The summed E-state index contributed by atoms with van der Waals surface area (Å²) in [5.41, 5.74) is 1.75. The van der Waals surface area contributed by atoms with Gasteiger partial charge >= 0.3 is 5.97 Å². The van der Waals surface area contributed by atoms with E-state index in [4.69, 9.17) is 14.4 Å². The third-order valence-corrected chi connectivity index (χ3v) is 3.81. The fraction of sp³-hybridized carbons (Fsp3) is 0.211. The molecular formula is C19H18N2O5. The Morgan fingerprint density at radius 1 is 1.23 bits per heavy atom. The number of nitrogens with one attached hydrogen (secondary N) is 1. The number of carboxylic acid groups (broad SMARTS) is 1. The zero-order valence-electron chi connectivity index (χ0n) is 14.2. The molecule has 2 N–H and O–H groups in total. The second-order valence-corrected chi connectivity index (χ2v) is 5.72. The van der Waals surface area contributed by atoms with Crippen LogP contribution in [0.1, 0.15) is 29.4 Å². The number of carboxylic acids is 1. The van der Waals surface area contributed by atoms with Gasteiger partial charge in [0.15, 0.2) is 12.2 Å². The predicted molar refractivity (Wildman–Crippen MR) is 95.5 cm³/mol. The molecule has 0 atom stereocenters. The van der Waals surface area contributed by atoms with E-state index in [1.807, 2.05) is 6.07 Å². The van der Waals surface area contributed by atoms with Crippen LogP contribution in [0, 0.1) is 0 Å². The highest BCUT2D eigenvalue weighted by Crippen LogP contribution is 2.24. The van der Waals surface area contributed by atoms with Gasteiger partial charge in [-0.25, -0.2) is 4.79 Å². The molecule has 0 saturated carbocycles. The van der Waals surface area contributed by atoms with E-state index < -0.39 is 11.9 Å². The van der Waals surface area contributed by atoms with Gasteiger partial charge in [-0.2, -0.15) is 0 Å². The molecule has 0 unspecified atom stereocenters. The normalized spacial score (nSPS) is 10.7. The van der Waals surface area contributed by atoms with Crippen LogP contribution in [0.5, 0.6) is 5.75 Å². The van der Waals surface area contributed by atoms with Crippen molar-refractivity contribution in [1.29, 1.82) is 0 Å². The SMILES string of the molecule is CCCc1noc2cc(OCC(=O)Nc3ccccc3C(=O)O)ccc12. The summed E-state index contributed by atoms with van der Waals surface area (Å²) in [6, 6.07) is 11.5. The number of amides is 1. The molecule has 1 heterocycles. The van der Waals surface area contributed by atoms with Gasteiger partial charge in [-0.3, -0.25) is 4.79 Å². The number of anilines is 1. The Morgan fingerprint density at radius 2 is 2.04 bits per heavy atom. The van der Waals surface area contributed by atoms with E-state index in [0.29, 0.717) is 11.3 Å². The highest BCUT2D eigenvalue weighted by molar-refractivity contribution is 6.00. The molecule has 2 aromatic carbocycles. The number of fused-ring (bicyclic) bond motifs is 1. The second kappa shape index (κ2) is 7.69. The standard InChI is InChI=1S/C19H18N2O5/c1-2-5-16-13-9-8-12(10-17(13)26-21-16)25-11-18(22)20-15-7-4-3-6-14(15)19(23)24/h3-4,6-10H,2,5,11H2,1H3,(H,20,22)(H,23,24). The Morgan fingerprint density at radius 3 is 2.81 bits per heavy atom. The number of carbonyl (C=O) groups is 2. The van der Waals surface area contributed by atoms with Crippen molar-refractivity contribution >= 4 is 28.5 Å². The molecule has 0 fully saturated rings. The number of aromatic nitrogens is 1. The van der Waals surface area contributed by atoms with Gasteiger partial charge in [0.25, 0.3) is 5.91 Å². The molecule has 3 aromatic rings. The van der Waals surface area contributed by atoms with Crippen LogP contribution in [-0.4, -0.2) is 28.7 Å². The molecule has 0 bridgehead atoms. The summed E-state index contributed by atoms with van der Waals surface area (Å²) in [6.07, 6.45) is 1.80. The summed E-state index contributed by atoms with van der Waals surface area (Å²) >= 11 is 0. The topological polar surface area (TPSA) is 102 Å². The van der Waals surface area contributed by atoms with E-state index in [9.17, 15) is 9.59 Å². The number of benzene rings is 2. The van der Waals surface area contributed by atoms with Gasteiger partial charge in [0, 0.05) is 11.5 Å². The lowest BCUT2D eigenvalue weighted by Gasteiger charge is -2.09. The quantitative estimate of drug-likeness (QED) is 0.673. The van der Waals surface area contributed by atoms with Gasteiger partial charge in [-0.15, -0.1) is 0 Å². The average molecular weight is 354 g/mol. The summed E-state index contributed by atoms with van der Waals surface area (Å²) in [4.78, 5) is 23.2. The van der Waals surface area contributed by atoms with Crippen molar-refractivity contribution in [3.05, 3.63) is 53.7 Å². The van der Waals surface area contributed by atoms with Crippen molar-refractivity contribution in [3.8, 4) is 5.75 Å². The van der Waals surface area contributed by atoms with Crippen LogP contribution in [0.3, 0.4) is 0 Å². The average Bonchev–Trinajstić information content (AvgIpc) is 3.03. The van der Waals surface area contributed by atoms with E-state index in [0.717, 1.165) is 23.9 Å². The van der Waals surface area contributed by atoms with Crippen molar-refractivity contribution in [3.63, 3.8) is 0 Å². The summed E-state index contributed by atoms with van der Waals surface area (Å²) in [5.74, 6) is -1.10. The lowest BCUT2D eigenvalue weighted by Crippen LogP contribution is -2.21. The summed E-state index contributed by atoms with van der Waals surface area (Å²) < 4.78 is 10.8. The first-order valence-corrected chi connectivity index (χ1v) is 8.21. The van der Waals surface area contributed by atoms with E-state index >= 15 is 0 Å². The van der Waals surface area contributed by atoms with Crippen molar-refractivity contribution in [2.45, 2.75) is 19.8 Å². The van der Waals surface area contributed by atoms with E-state index in [-0.39, 0.29) is 17.9 Å². The molecule has 3 rings (SSSR count). The molecule has 0 aliphatic rings. The molecule has 0 aliphatic carbocycles. The first-order valence-electron chi connectivity index (χ1n) is 8.21. The number of aromatic carboxylic acids is 1. The lowest BCUT2D eigenvalue weighted by atomic mass is 10.1.